The van der Waals surface area contributed by atoms with E-state index >= 15 is 0 Å². The van der Waals surface area contributed by atoms with Crippen molar-refractivity contribution in [2.75, 3.05) is 26.3 Å². The number of morpholine rings is 1. The molecule has 25 heavy (non-hydrogen) atoms. The summed E-state index contributed by atoms with van der Waals surface area (Å²) in [5, 5.41) is 0. The fourth-order valence-electron chi connectivity index (χ4n) is 2.86. The van der Waals surface area contributed by atoms with Crippen molar-refractivity contribution in [1.82, 2.24) is 4.90 Å². The van der Waals surface area contributed by atoms with E-state index in [0.717, 1.165) is 44.0 Å². The Morgan fingerprint density at radius 3 is 2.40 bits per heavy atom. The Bertz CT molecular complexity index is 828. The summed E-state index contributed by atoms with van der Waals surface area (Å²) in [6.07, 6.45) is 0. The molecule has 0 N–H and O–H groups in total. The van der Waals surface area contributed by atoms with Crippen molar-refractivity contribution in [3.63, 3.8) is 0 Å². The topological polar surface area (TPSA) is 55.8 Å². The summed E-state index contributed by atoms with van der Waals surface area (Å²) >= 11 is 0. The van der Waals surface area contributed by atoms with Crippen molar-refractivity contribution in [3.05, 3.63) is 59.2 Å². The number of hydrogen-bond acceptors (Lipinski definition) is 5. The molecule has 1 heterocycles. The summed E-state index contributed by atoms with van der Waals surface area (Å²) in [5.74, 6) is 0.382. The van der Waals surface area contributed by atoms with Crippen LogP contribution in [0.25, 0.3) is 0 Å². The van der Waals surface area contributed by atoms with Crippen LogP contribution in [0.1, 0.15) is 16.7 Å². The van der Waals surface area contributed by atoms with Crippen molar-refractivity contribution < 1.29 is 17.3 Å². The molecule has 0 bridgehead atoms. The maximum Gasteiger partial charge on any atom is 0.339 e. The molecular weight excluding hydrogens is 338 g/mol. The molecule has 6 heteroatoms. The molecule has 0 unspecified atom stereocenters. The van der Waals surface area contributed by atoms with Gasteiger partial charge in [0.25, 0.3) is 0 Å². The number of benzene rings is 2. The first-order valence-corrected chi connectivity index (χ1v) is 9.76. The van der Waals surface area contributed by atoms with Gasteiger partial charge in [0.1, 0.15) is 10.6 Å². The molecule has 2 aromatic rings. The average molecular weight is 361 g/mol. The molecule has 0 aromatic heterocycles. The van der Waals surface area contributed by atoms with Gasteiger partial charge in [0.05, 0.1) is 13.2 Å². The third kappa shape index (κ3) is 4.39. The highest BCUT2D eigenvalue weighted by Gasteiger charge is 2.19. The lowest BCUT2D eigenvalue weighted by atomic mass is 10.0. The molecule has 0 aliphatic carbocycles. The van der Waals surface area contributed by atoms with Crippen LogP contribution < -0.4 is 4.18 Å². The van der Waals surface area contributed by atoms with E-state index in [1.807, 2.05) is 26.0 Å². The quantitative estimate of drug-likeness (QED) is 0.767. The minimum Gasteiger partial charge on any atom is -0.379 e. The Morgan fingerprint density at radius 2 is 1.72 bits per heavy atom. The third-order valence-electron chi connectivity index (χ3n) is 4.36. The first kappa shape index (κ1) is 17.9. The van der Waals surface area contributed by atoms with Gasteiger partial charge in [0.2, 0.25) is 0 Å². The average Bonchev–Trinajstić information content (AvgIpc) is 2.61. The van der Waals surface area contributed by atoms with Gasteiger partial charge in [-0.3, -0.25) is 4.90 Å². The summed E-state index contributed by atoms with van der Waals surface area (Å²) in [5.41, 5.74) is 3.02. The third-order valence-corrected chi connectivity index (χ3v) is 5.61. The molecule has 1 saturated heterocycles. The second kappa shape index (κ2) is 7.56. The molecule has 5 nitrogen and oxygen atoms in total. The number of nitrogens with zero attached hydrogens (tertiary/aromatic N) is 1. The van der Waals surface area contributed by atoms with Crippen molar-refractivity contribution in [2.24, 2.45) is 0 Å². The van der Waals surface area contributed by atoms with Crippen molar-refractivity contribution in [1.29, 1.82) is 0 Å². The molecule has 0 spiro atoms. The fourth-order valence-corrected chi connectivity index (χ4v) is 3.87. The van der Waals surface area contributed by atoms with E-state index in [-0.39, 0.29) is 4.90 Å². The number of ether oxygens (including phenoxy) is 1. The van der Waals surface area contributed by atoms with Crippen LogP contribution in [0.15, 0.2) is 47.4 Å². The largest absolute Gasteiger partial charge is 0.379 e. The molecule has 1 aliphatic rings. The van der Waals surface area contributed by atoms with E-state index < -0.39 is 10.1 Å². The van der Waals surface area contributed by atoms with Gasteiger partial charge in [-0.1, -0.05) is 24.3 Å². The molecule has 2 aromatic carbocycles. The molecule has 0 saturated carbocycles. The number of hydrogen-bond donors (Lipinski definition) is 0. The van der Waals surface area contributed by atoms with E-state index in [9.17, 15) is 8.42 Å². The summed E-state index contributed by atoms with van der Waals surface area (Å²) in [6, 6.07) is 12.0. The van der Waals surface area contributed by atoms with Crippen LogP contribution in [-0.4, -0.2) is 39.6 Å². The van der Waals surface area contributed by atoms with Gasteiger partial charge in [0.15, 0.2) is 0 Å². The zero-order valence-corrected chi connectivity index (χ0v) is 15.4. The van der Waals surface area contributed by atoms with E-state index in [4.69, 9.17) is 8.92 Å². The summed E-state index contributed by atoms with van der Waals surface area (Å²) < 4.78 is 35.6. The first-order chi connectivity index (χ1) is 12.0. The van der Waals surface area contributed by atoms with Crippen molar-refractivity contribution >= 4 is 10.1 Å². The van der Waals surface area contributed by atoms with Crippen LogP contribution in [0, 0.1) is 13.8 Å². The summed E-state index contributed by atoms with van der Waals surface area (Å²) in [6.45, 7) is 8.04. The maximum atomic E-state index is 12.4. The normalized spacial score (nSPS) is 15.9. The van der Waals surface area contributed by atoms with Crippen LogP contribution in [-0.2, 0) is 21.4 Å². The van der Waals surface area contributed by atoms with Gasteiger partial charge in [-0.05, 0) is 48.7 Å². The van der Waals surface area contributed by atoms with Gasteiger partial charge in [-0.25, -0.2) is 0 Å². The predicted octanol–water partition coefficient (Wildman–Crippen LogP) is 2.90. The smallest absolute Gasteiger partial charge is 0.339 e. The second-order valence-electron chi connectivity index (χ2n) is 6.28. The second-order valence-corrected chi connectivity index (χ2v) is 7.83. The number of rotatable bonds is 5. The van der Waals surface area contributed by atoms with E-state index in [0.29, 0.717) is 5.75 Å². The summed E-state index contributed by atoms with van der Waals surface area (Å²) in [7, 11) is -3.82. The standard InChI is InChI=1S/C19H23NO4S/c1-15-13-19(24-25(21,22)18-6-4-3-5-7-18)16(2)12-17(15)14-20-8-10-23-11-9-20/h3-7,12-13H,8-11,14H2,1-2H3. The highest BCUT2D eigenvalue weighted by Crippen LogP contribution is 2.27. The monoisotopic (exact) mass is 361 g/mol. The maximum absolute atomic E-state index is 12.4. The van der Waals surface area contributed by atoms with Gasteiger partial charge in [-0.2, -0.15) is 8.42 Å². The van der Waals surface area contributed by atoms with Crippen LogP contribution >= 0.6 is 0 Å². The molecule has 1 fully saturated rings. The Kier molecular flexibility index (Phi) is 5.42. The zero-order valence-electron chi connectivity index (χ0n) is 14.6. The minimum absolute atomic E-state index is 0.157. The number of aryl methyl sites for hydroxylation is 2. The molecular formula is C19H23NO4S. The van der Waals surface area contributed by atoms with Crippen LogP contribution in [0.3, 0.4) is 0 Å². The SMILES string of the molecule is Cc1cc(OS(=O)(=O)c2ccccc2)c(C)cc1CN1CCOCC1. The van der Waals surface area contributed by atoms with Crippen LogP contribution in [0.4, 0.5) is 0 Å². The van der Waals surface area contributed by atoms with Crippen molar-refractivity contribution in [2.45, 2.75) is 25.3 Å². The molecule has 1 aliphatic heterocycles. The molecule has 134 valence electrons. The highest BCUT2D eigenvalue weighted by molar-refractivity contribution is 7.87. The Morgan fingerprint density at radius 1 is 1.04 bits per heavy atom. The van der Waals surface area contributed by atoms with Gasteiger partial charge < -0.3 is 8.92 Å². The minimum atomic E-state index is -3.82. The molecule has 0 amide bonds. The van der Waals surface area contributed by atoms with Crippen LogP contribution in [0.2, 0.25) is 0 Å². The zero-order chi connectivity index (χ0) is 17.9. The Hall–Kier alpha value is -1.89. The fraction of sp³-hybridized carbons (Fsp3) is 0.368. The van der Waals surface area contributed by atoms with Gasteiger partial charge in [-0.15, -0.1) is 0 Å². The van der Waals surface area contributed by atoms with E-state index in [1.165, 1.54) is 17.7 Å². The predicted molar refractivity (Wildman–Crippen MR) is 96.3 cm³/mol. The summed E-state index contributed by atoms with van der Waals surface area (Å²) in [4.78, 5) is 2.50. The lowest BCUT2D eigenvalue weighted by molar-refractivity contribution is 0.0341. The Balaban J connectivity index is 1.80. The van der Waals surface area contributed by atoms with E-state index in [1.54, 1.807) is 18.2 Å². The molecule has 3 rings (SSSR count). The van der Waals surface area contributed by atoms with E-state index in [2.05, 4.69) is 4.90 Å². The molecule has 0 atom stereocenters. The highest BCUT2D eigenvalue weighted by atomic mass is 32.2. The first-order valence-electron chi connectivity index (χ1n) is 8.35. The lowest BCUT2D eigenvalue weighted by Crippen LogP contribution is -2.35. The Labute approximate surface area is 149 Å². The van der Waals surface area contributed by atoms with Gasteiger partial charge >= 0.3 is 10.1 Å². The van der Waals surface area contributed by atoms with Gasteiger partial charge in [0, 0.05) is 19.6 Å². The van der Waals surface area contributed by atoms with Crippen LogP contribution in [0.5, 0.6) is 5.75 Å². The van der Waals surface area contributed by atoms with Crippen molar-refractivity contribution in [3.8, 4) is 5.75 Å². The lowest BCUT2D eigenvalue weighted by Gasteiger charge is -2.27. The molecule has 0 radical (unpaired) electrons.